The van der Waals surface area contributed by atoms with E-state index >= 15 is 0 Å². The molecule has 110 valence electrons. The van der Waals surface area contributed by atoms with E-state index in [9.17, 15) is 13.2 Å². The molecule has 1 atom stereocenters. The van der Waals surface area contributed by atoms with Crippen molar-refractivity contribution in [3.63, 3.8) is 0 Å². The highest BCUT2D eigenvalue weighted by molar-refractivity contribution is 5.85. The molecule has 0 aliphatic rings. The first-order valence-electron chi connectivity index (χ1n) is 5.31. The highest BCUT2D eigenvalue weighted by atomic mass is 35.5. The van der Waals surface area contributed by atoms with Crippen LogP contribution in [0, 0.1) is 0 Å². The summed E-state index contributed by atoms with van der Waals surface area (Å²) in [4.78, 5) is 3.86. The van der Waals surface area contributed by atoms with Crippen molar-refractivity contribution in [2.75, 3.05) is 0 Å². The molecular formula is C13H13Cl2F3N2. The van der Waals surface area contributed by atoms with E-state index in [1.165, 1.54) is 12.1 Å². The Morgan fingerprint density at radius 2 is 1.30 bits per heavy atom. The summed E-state index contributed by atoms with van der Waals surface area (Å²) >= 11 is 0. The van der Waals surface area contributed by atoms with Gasteiger partial charge in [0.15, 0.2) is 0 Å². The van der Waals surface area contributed by atoms with E-state index in [1.54, 1.807) is 24.5 Å². The van der Waals surface area contributed by atoms with Gasteiger partial charge in [0.05, 0.1) is 11.6 Å². The number of halogens is 5. The minimum atomic E-state index is -4.32. The first-order valence-corrected chi connectivity index (χ1v) is 5.31. The smallest absolute Gasteiger partial charge is 0.320 e. The average Bonchev–Trinajstić information content (AvgIpc) is 2.38. The van der Waals surface area contributed by atoms with Gasteiger partial charge in [0.2, 0.25) is 0 Å². The zero-order valence-corrected chi connectivity index (χ0v) is 11.8. The third-order valence-corrected chi connectivity index (χ3v) is 2.66. The fraction of sp³-hybridized carbons (Fsp3) is 0.154. The molecule has 0 radical (unpaired) electrons. The molecule has 20 heavy (non-hydrogen) atoms. The molecule has 0 fully saturated rings. The number of benzene rings is 1. The molecule has 0 bridgehead atoms. The Hall–Kier alpha value is -1.30. The van der Waals surface area contributed by atoms with Crippen molar-refractivity contribution in [3.05, 3.63) is 65.5 Å². The van der Waals surface area contributed by atoms with Crippen molar-refractivity contribution >= 4 is 24.8 Å². The second-order valence-corrected chi connectivity index (χ2v) is 3.88. The van der Waals surface area contributed by atoms with Gasteiger partial charge in [-0.1, -0.05) is 12.1 Å². The Morgan fingerprint density at radius 1 is 0.850 bits per heavy atom. The predicted molar refractivity (Wildman–Crippen MR) is 76.2 cm³/mol. The summed E-state index contributed by atoms with van der Waals surface area (Å²) in [7, 11) is 0. The summed E-state index contributed by atoms with van der Waals surface area (Å²) in [6.45, 7) is 0. The molecule has 2 aromatic rings. The second kappa shape index (κ2) is 7.47. The number of nitrogens with zero attached hydrogens (tertiary/aromatic N) is 1. The molecule has 1 aromatic heterocycles. The van der Waals surface area contributed by atoms with Crippen LogP contribution in [0.2, 0.25) is 0 Å². The van der Waals surface area contributed by atoms with Gasteiger partial charge in [-0.2, -0.15) is 13.2 Å². The fourth-order valence-corrected chi connectivity index (χ4v) is 1.64. The van der Waals surface area contributed by atoms with Crippen LogP contribution in [0.3, 0.4) is 0 Å². The van der Waals surface area contributed by atoms with Gasteiger partial charge in [0.1, 0.15) is 0 Å². The van der Waals surface area contributed by atoms with Crippen LogP contribution in [0.1, 0.15) is 22.7 Å². The lowest BCUT2D eigenvalue weighted by atomic mass is 9.99. The van der Waals surface area contributed by atoms with Crippen molar-refractivity contribution in [2.24, 2.45) is 5.73 Å². The maximum absolute atomic E-state index is 12.4. The first-order chi connectivity index (χ1) is 8.48. The van der Waals surface area contributed by atoms with Crippen molar-refractivity contribution < 1.29 is 13.2 Å². The second-order valence-electron chi connectivity index (χ2n) is 3.88. The quantitative estimate of drug-likeness (QED) is 0.907. The minimum absolute atomic E-state index is 0. The summed E-state index contributed by atoms with van der Waals surface area (Å²) in [6.07, 6.45) is -1.13. The predicted octanol–water partition coefficient (Wildman–Crippen LogP) is 3.99. The molecule has 1 heterocycles. The molecule has 1 aromatic carbocycles. The molecule has 0 spiro atoms. The van der Waals surface area contributed by atoms with Crippen LogP contribution >= 0.6 is 24.8 Å². The van der Waals surface area contributed by atoms with E-state index in [0.29, 0.717) is 5.56 Å². The Balaban J connectivity index is 0.00000180. The van der Waals surface area contributed by atoms with Crippen LogP contribution in [0.5, 0.6) is 0 Å². The minimum Gasteiger partial charge on any atom is -0.320 e. The van der Waals surface area contributed by atoms with Crippen LogP contribution < -0.4 is 5.73 Å². The third-order valence-electron chi connectivity index (χ3n) is 2.66. The molecule has 0 amide bonds. The van der Waals surface area contributed by atoms with Crippen molar-refractivity contribution in [3.8, 4) is 0 Å². The molecular weight excluding hydrogens is 312 g/mol. The average molecular weight is 325 g/mol. The summed E-state index contributed by atoms with van der Waals surface area (Å²) in [5, 5.41) is 0. The lowest BCUT2D eigenvalue weighted by Gasteiger charge is -2.13. The number of aromatic nitrogens is 1. The normalized spacial score (nSPS) is 12.0. The van der Waals surface area contributed by atoms with E-state index in [2.05, 4.69) is 4.98 Å². The molecule has 0 aliphatic heterocycles. The van der Waals surface area contributed by atoms with Crippen LogP contribution in [0.25, 0.3) is 0 Å². The van der Waals surface area contributed by atoms with E-state index in [0.717, 1.165) is 17.7 Å². The summed E-state index contributed by atoms with van der Waals surface area (Å²) < 4.78 is 37.2. The highest BCUT2D eigenvalue weighted by Crippen LogP contribution is 2.30. The van der Waals surface area contributed by atoms with Gasteiger partial charge >= 0.3 is 6.18 Å². The maximum Gasteiger partial charge on any atom is 0.416 e. The van der Waals surface area contributed by atoms with Gasteiger partial charge < -0.3 is 5.73 Å². The molecule has 1 unspecified atom stereocenters. The topological polar surface area (TPSA) is 38.9 Å². The van der Waals surface area contributed by atoms with Crippen molar-refractivity contribution in [1.82, 2.24) is 4.98 Å². The Bertz CT molecular complexity index is 515. The molecule has 7 heteroatoms. The monoisotopic (exact) mass is 324 g/mol. The number of alkyl halides is 3. The molecule has 2 rings (SSSR count). The largest absolute Gasteiger partial charge is 0.416 e. The Kier molecular flexibility index (Phi) is 6.99. The highest BCUT2D eigenvalue weighted by Gasteiger charge is 2.30. The fourth-order valence-electron chi connectivity index (χ4n) is 1.64. The number of hydrogen-bond acceptors (Lipinski definition) is 2. The van der Waals surface area contributed by atoms with Crippen LogP contribution in [-0.2, 0) is 6.18 Å². The molecule has 0 saturated heterocycles. The van der Waals surface area contributed by atoms with Gasteiger partial charge in [-0.25, -0.2) is 0 Å². The molecule has 0 aliphatic carbocycles. The van der Waals surface area contributed by atoms with Gasteiger partial charge in [0, 0.05) is 12.4 Å². The lowest BCUT2D eigenvalue weighted by Crippen LogP contribution is -2.12. The van der Waals surface area contributed by atoms with Gasteiger partial charge in [-0.15, -0.1) is 24.8 Å². The zero-order valence-electron chi connectivity index (χ0n) is 10.2. The summed E-state index contributed by atoms with van der Waals surface area (Å²) in [6, 6.07) is 7.90. The first kappa shape index (κ1) is 18.7. The summed E-state index contributed by atoms with van der Waals surface area (Å²) in [5.41, 5.74) is 6.74. The Labute approximate surface area is 127 Å². The van der Waals surface area contributed by atoms with E-state index < -0.39 is 17.8 Å². The van der Waals surface area contributed by atoms with Crippen LogP contribution in [0.15, 0.2) is 48.8 Å². The SMILES string of the molecule is Cl.Cl.NC(c1ccncc1)c1ccc(C(F)(F)F)cc1. The Morgan fingerprint density at radius 3 is 1.75 bits per heavy atom. The standard InChI is InChI=1S/C13H11F3N2.2ClH/c14-13(15,16)11-3-1-9(2-4-11)12(17)10-5-7-18-8-6-10;;/h1-8,12H,17H2;2*1H. The van der Waals surface area contributed by atoms with Crippen LogP contribution in [-0.4, -0.2) is 4.98 Å². The van der Waals surface area contributed by atoms with E-state index in [-0.39, 0.29) is 24.8 Å². The van der Waals surface area contributed by atoms with E-state index in [4.69, 9.17) is 5.73 Å². The van der Waals surface area contributed by atoms with Crippen molar-refractivity contribution in [1.29, 1.82) is 0 Å². The number of nitrogens with two attached hydrogens (primary N) is 1. The number of hydrogen-bond donors (Lipinski definition) is 1. The van der Waals surface area contributed by atoms with E-state index in [1.807, 2.05) is 0 Å². The van der Waals surface area contributed by atoms with Gasteiger partial charge in [0.25, 0.3) is 0 Å². The zero-order chi connectivity index (χ0) is 13.2. The summed E-state index contributed by atoms with van der Waals surface area (Å²) in [5.74, 6) is 0. The van der Waals surface area contributed by atoms with Gasteiger partial charge in [-0.05, 0) is 35.4 Å². The molecule has 2 N–H and O–H groups in total. The lowest BCUT2D eigenvalue weighted by molar-refractivity contribution is -0.137. The van der Waals surface area contributed by atoms with Gasteiger partial charge in [-0.3, -0.25) is 4.98 Å². The number of pyridine rings is 1. The third kappa shape index (κ3) is 4.37. The number of rotatable bonds is 2. The van der Waals surface area contributed by atoms with Crippen molar-refractivity contribution in [2.45, 2.75) is 12.2 Å². The molecule has 2 nitrogen and oxygen atoms in total. The van der Waals surface area contributed by atoms with Crippen LogP contribution in [0.4, 0.5) is 13.2 Å². The maximum atomic E-state index is 12.4. The molecule has 0 saturated carbocycles.